The molecule has 0 fully saturated rings. The Morgan fingerprint density at radius 1 is 1.00 bits per heavy atom. The van der Waals surface area contributed by atoms with Crippen molar-refractivity contribution in [2.24, 2.45) is 0 Å². The van der Waals surface area contributed by atoms with E-state index in [2.05, 4.69) is 23.5 Å². The Hall–Kier alpha value is -2.68. The summed E-state index contributed by atoms with van der Waals surface area (Å²) in [5.74, 6) is -0.328. The predicted octanol–water partition coefficient (Wildman–Crippen LogP) is 4.79. The van der Waals surface area contributed by atoms with Crippen molar-refractivity contribution in [1.29, 1.82) is 0 Å². The van der Waals surface area contributed by atoms with Gasteiger partial charge in [0.1, 0.15) is 5.82 Å². The maximum Gasteiger partial charge on any atom is 0.220 e. The first-order valence-electron chi connectivity index (χ1n) is 8.15. The number of hydrogen-bond acceptors (Lipinski definition) is 1. The summed E-state index contributed by atoms with van der Waals surface area (Å²) < 4.78 is 13.6. The Bertz CT molecular complexity index is 854. The lowest BCUT2D eigenvalue weighted by Crippen LogP contribution is -2.27. The Morgan fingerprint density at radius 2 is 1.71 bits per heavy atom. The molecular formula is C21H20FNO. The highest BCUT2D eigenvalue weighted by molar-refractivity contribution is 5.86. The molecule has 3 aromatic rings. The Labute approximate surface area is 141 Å². The van der Waals surface area contributed by atoms with Crippen LogP contribution in [0.3, 0.4) is 0 Å². The van der Waals surface area contributed by atoms with Gasteiger partial charge in [0.05, 0.1) is 6.04 Å². The molecule has 0 aliphatic heterocycles. The summed E-state index contributed by atoms with van der Waals surface area (Å²) in [5, 5.41) is 5.31. The van der Waals surface area contributed by atoms with Crippen molar-refractivity contribution in [2.75, 3.05) is 0 Å². The van der Waals surface area contributed by atoms with E-state index in [0.717, 1.165) is 16.3 Å². The van der Waals surface area contributed by atoms with Crippen molar-refractivity contribution in [1.82, 2.24) is 5.32 Å². The maximum atomic E-state index is 13.6. The van der Waals surface area contributed by atoms with Crippen LogP contribution in [0.1, 0.15) is 30.5 Å². The molecule has 0 aliphatic rings. The highest BCUT2D eigenvalue weighted by Crippen LogP contribution is 2.24. The molecule has 1 N–H and O–H groups in total. The highest BCUT2D eigenvalue weighted by Gasteiger charge is 2.12. The number of fused-ring (bicyclic) bond motifs is 1. The number of amides is 1. The summed E-state index contributed by atoms with van der Waals surface area (Å²) in [6.45, 7) is 1.97. The van der Waals surface area contributed by atoms with Gasteiger partial charge in [0.25, 0.3) is 0 Å². The van der Waals surface area contributed by atoms with Gasteiger partial charge < -0.3 is 5.32 Å². The molecule has 3 aromatic carbocycles. The molecule has 3 heteroatoms. The van der Waals surface area contributed by atoms with Gasteiger partial charge in [-0.2, -0.15) is 0 Å². The van der Waals surface area contributed by atoms with E-state index in [4.69, 9.17) is 0 Å². The molecule has 3 rings (SSSR count). The highest BCUT2D eigenvalue weighted by atomic mass is 19.1. The van der Waals surface area contributed by atoms with E-state index < -0.39 is 0 Å². The van der Waals surface area contributed by atoms with E-state index in [1.54, 1.807) is 18.2 Å². The minimum atomic E-state index is -0.257. The molecule has 0 bridgehead atoms. The van der Waals surface area contributed by atoms with Crippen molar-refractivity contribution in [3.05, 3.63) is 83.7 Å². The molecular weight excluding hydrogens is 301 g/mol. The number of nitrogens with one attached hydrogen (secondary N) is 1. The zero-order chi connectivity index (χ0) is 16.9. The van der Waals surface area contributed by atoms with Gasteiger partial charge >= 0.3 is 0 Å². The molecule has 0 aromatic heterocycles. The van der Waals surface area contributed by atoms with Gasteiger partial charge in [0.15, 0.2) is 0 Å². The smallest absolute Gasteiger partial charge is 0.220 e. The van der Waals surface area contributed by atoms with E-state index in [9.17, 15) is 9.18 Å². The Kier molecular flexibility index (Phi) is 4.90. The molecule has 2 nitrogen and oxygen atoms in total. The van der Waals surface area contributed by atoms with Gasteiger partial charge in [0, 0.05) is 6.42 Å². The van der Waals surface area contributed by atoms with Crippen LogP contribution in [0.15, 0.2) is 66.7 Å². The number of benzene rings is 3. The number of carbonyl (C=O) groups is 1. The van der Waals surface area contributed by atoms with Crippen molar-refractivity contribution >= 4 is 16.7 Å². The lowest BCUT2D eigenvalue weighted by Gasteiger charge is -2.16. The van der Waals surface area contributed by atoms with Crippen LogP contribution in [0.5, 0.6) is 0 Å². The second kappa shape index (κ2) is 7.26. The molecule has 1 amide bonds. The van der Waals surface area contributed by atoms with Crippen LogP contribution in [0.2, 0.25) is 0 Å². The third kappa shape index (κ3) is 3.62. The van der Waals surface area contributed by atoms with Gasteiger partial charge in [0.2, 0.25) is 5.91 Å². The molecule has 0 saturated carbocycles. The number of rotatable bonds is 5. The first kappa shape index (κ1) is 16.2. The van der Waals surface area contributed by atoms with Crippen LogP contribution in [0.25, 0.3) is 10.8 Å². The van der Waals surface area contributed by atoms with Gasteiger partial charge in [-0.1, -0.05) is 60.7 Å². The lowest BCUT2D eigenvalue weighted by atomic mass is 9.99. The van der Waals surface area contributed by atoms with Gasteiger partial charge in [-0.3, -0.25) is 4.79 Å². The SMILES string of the molecule is CC(NC(=O)CCc1ccccc1F)c1cccc2ccccc12. The zero-order valence-corrected chi connectivity index (χ0v) is 13.6. The quantitative estimate of drug-likeness (QED) is 0.719. The van der Waals surface area contributed by atoms with E-state index in [-0.39, 0.29) is 24.2 Å². The average molecular weight is 321 g/mol. The summed E-state index contributed by atoms with van der Waals surface area (Å²) in [6.07, 6.45) is 0.677. The van der Waals surface area contributed by atoms with Crippen molar-refractivity contribution in [2.45, 2.75) is 25.8 Å². The second-order valence-electron chi connectivity index (χ2n) is 5.95. The van der Waals surface area contributed by atoms with Crippen LogP contribution in [-0.4, -0.2) is 5.91 Å². The molecule has 24 heavy (non-hydrogen) atoms. The average Bonchev–Trinajstić information content (AvgIpc) is 2.60. The minimum absolute atomic E-state index is 0.0707. The van der Waals surface area contributed by atoms with Gasteiger partial charge in [-0.05, 0) is 41.3 Å². The molecule has 122 valence electrons. The summed E-state index contributed by atoms with van der Waals surface area (Å²) in [4.78, 5) is 12.2. The predicted molar refractivity (Wildman–Crippen MR) is 95.2 cm³/mol. The van der Waals surface area contributed by atoms with Crippen LogP contribution < -0.4 is 5.32 Å². The van der Waals surface area contributed by atoms with Crippen molar-refractivity contribution in [3.8, 4) is 0 Å². The third-order valence-electron chi connectivity index (χ3n) is 4.25. The number of hydrogen-bond donors (Lipinski definition) is 1. The largest absolute Gasteiger partial charge is 0.350 e. The van der Waals surface area contributed by atoms with Gasteiger partial charge in [-0.25, -0.2) is 4.39 Å². The number of carbonyl (C=O) groups excluding carboxylic acids is 1. The second-order valence-corrected chi connectivity index (χ2v) is 5.95. The van der Waals surface area contributed by atoms with E-state index in [0.29, 0.717) is 12.0 Å². The molecule has 1 atom stereocenters. The normalized spacial score (nSPS) is 12.1. The zero-order valence-electron chi connectivity index (χ0n) is 13.6. The summed E-state index contributed by atoms with van der Waals surface area (Å²) in [7, 11) is 0. The monoisotopic (exact) mass is 321 g/mol. The van der Waals surface area contributed by atoms with Crippen LogP contribution in [-0.2, 0) is 11.2 Å². The van der Waals surface area contributed by atoms with Crippen LogP contribution in [0.4, 0.5) is 4.39 Å². The molecule has 1 unspecified atom stereocenters. The van der Waals surface area contributed by atoms with Crippen molar-refractivity contribution in [3.63, 3.8) is 0 Å². The lowest BCUT2D eigenvalue weighted by molar-refractivity contribution is -0.121. The maximum absolute atomic E-state index is 13.6. The fourth-order valence-electron chi connectivity index (χ4n) is 2.97. The van der Waals surface area contributed by atoms with Gasteiger partial charge in [-0.15, -0.1) is 0 Å². The molecule has 0 heterocycles. The summed E-state index contributed by atoms with van der Waals surface area (Å²) in [5.41, 5.74) is 1.66. The fraction of sp³-hybridized carbons (Fsp3) is 0.190. The molecule has 0 saturated heterocycles. The third-order valence-corrected chi connectivity index (χ3v) is 4.25. The Balaban J connectivity index is 1.67. The fourth-order valence-corrected chi connectivity index (χ4v) is 2.97. The summed E-state index contributed by atoms with van der Waals surface area (Å²) in [6, 6.07) is 20.7. The standard InChI is InChI=1S/C21H20FNO/c1-15(18-11-6-9-16-7-2-4-10-19(16)18)23-21(24)14-13-17-8-3-5-12-20(17)22/h2-12,15H,13-14H2,1H3,(H,23,24). The van der Waals surface area contributed by atoms with E-state index >= 15 is 0 Å². The van der Waals surface area contributed by atoms with Crippen molar-refractivity contribution < 1.29 is 9.18 Å². The van der Waals surface area contributed by atoms with Crippen LogP contribution in [0, 0.1) is 5.82 Å². The Morgan fingerprint density at radius 3 is 2.54 bits per heavy atom. The van der Waals surface area contributed by atoms with Crippen LogP contribution >= 0.6 is 0 Å². The molecule has 0 spiro atoms. The first-order chi connectivity index (χ1) is 11.6. The first-order valence-corrected chi connectivity index (χ1v) is 8.15. The minimum Gasteiger partial charge on any atom is -0.350 e. The topological polar surface area (TPSA) is 29.1 Å². The van der Waals surface area contributed by atoms with E-state index in [1.807, 2.05) is 31.2 Å². The number of halogens is 1. The number of aryl methyl sites for hydroxylation is 1. The molecule has 0 aliphatic carbocycles. The molecule has 0 radical (unpaired) electrons. The summed E-state index contributed by atoms with van der Waals surface area (Å²) >= 11 is 0. The van der Waals surface area contributed by atoms with E-state index in [1.165, 1.54) is 6.07 Å².